The molecular formula is C33H35FN6O6S. The van der Waals surface area contributed by atoms with E-state index in [1.807, 2.05) is 56.4 Å². The molecule has 0 atom stereocenters. The molecule has 47 heavy (non-hydrogen) atoms. The predicted octanol–water partition coefficient (Wildman–Crippen LogP) is 6.14. The molecule has 5 aromatic rings. The third kappa shape index (κ3) is 10.8. The summed E-state index contributed by atoms with van der Waals surface area (Å²) in [6.07, 6.45) is 10.9. The molecule has 0 aliphatic carbocycles. The molecule has 2 heterocycles. The number of benzene rings is 3. The molecule has 0 saturated heterocycles. The number of ether oxygens (including phenoxy) is 1. The number of nitrogens with zero attached hydrogens (tertiary/aromatic N) is 4. The highest BCUT2D eigenvalue weighted by atomic mass is 32.2. The van der Waals surface area contributed by atoms with Crippen LogP contribution in [0.4, 0.5) is 15.8 Å². The lowest BCUT2D eigenvalue weighted by molar-refractivity contribution is -0.107. The fourth-order valence-electron chi connectivity index (χ4n) is 4.05. The molecule has 0 bridgehead atoms. The first-order valence-corrected chi connectivity index (χ1v) is 15.8. The molecule has 0 unspecified atom stereocenters. The van der Waals surface area contributed by atoms with Crippen LogP contribution >= 0.6 is 0 Å². The van der Waals surface area contributed by atoms with Crippen molar-refractivity contribution in [1.29, 1.82) is 0 Å². The number of aldehydes is 1. The van der Waals surface area contributed by atoms with Crippen molar-refractivity contribution in [1.82, 2.24) is 20.0 Å². The van der Waals surface area contributed by atoms with E-state index in [4.69, 9.17) is 9.29 Å². The summed E-state index contributed by atoms with van der Waals surface area (Å²) in [5.74, 6) is 0.265. The van der Waals surface area contributed by atoms with Crippen LogP contribution in [0.15, 0.2) is 103 Å². The number of H-pyrrole nitrogens is 1. The van der Waals surface area contributed by atoms with Crippen molar-refractivity contribution in [2.24, 2.45) is 7.05 Å². The van der Waals surface area contributed by atoms with Crippen LogP contribution in [0.3, 0.4) is 0 Å². The van der Waals surface area contributed by atoms with E-state index in [0.29, 0.717) is 23.3 Å². The molecule has 5 rings (SSSR count). The fraction of sp³-hybridized carbons (Fsp3) is 0.152. The summed E-state index contributed by atoms with van der Waals surface area (Å²) in [4.78, 5) is 23.0. The normalized spacial score (nSPS) is 11.5. The van der Waals surface area contributed by atoms with Crippen molar-refractivity contribution in [3.63, 3.8) is 0 Å². The molecule has 1 amide bonds. The molecule has 14 heteroatoms. The Hall–Kier alpha value is -5.60. The number of rotatable bonds is 9. The van der Waals surface area contributed by atoms with Crippen LogP contribution in [0.2, 0.25) is 0 Å². The van der Waals surface area contributed by atoms with Gasteiger partial charge >= 0.3 is 0 Å². The van der Waals surface area contributed by atoms with Gasteiger partial charge in [-0.05, 0) is 61.9 Å². The number of fused-ring (bicyclic) bond motifs is 1. The highest BCUT2D eigenvalue weighted by Gasteiger charge is 2.15. The molecule has 3 aromatic carbocycles. The van der Waals surface area contributed by atoms with Gasteiger partial charge in [-0.2, -0.15) is 18.6 Å². The number of aromatic amines is 1. The van der Waals surface area contributed by atoms with Gasteiger partial charge in [0.05, 0.1) is 24.2 Å². The topological polar surface area (TPSA) is 160 Å². The zero-order valence-electron chi connectivity index (χ0n) is 26.4. The maximum absolute atomic E-state index is 14.3. The SMILES string of the molecule is C/C(=C/C=C(\C)C=O)N(C=O)c1ccccc1.CNc1ccc(Oc2cc3cnn(C)c3cc2-c2cn[nH]c2)c(F)c1.CS(=O)(=O)O. The molecule has 12 nitrogen and oxygen atoms in total. The molecule has 0 fully saturated rings. The second-order valence-electron chi connectivity index (χ2n) is 10.0. The number of para-hydroxylation sites is 1. The molecule has 246 valence electrons. The van der Waals surface area contributed by atoms with Crippen molar-refractivity contribution >= 4 is 45.1 Å². The Bertz CT molecular complexity index is 1970. The molecular weight excluding hydrogens is 627 g/mol. The van der Waals surface area contributed by atoms with E-state index in [2.05, 4.69) is 20.6 Å². The van der Waals surface area contributed by atoms with Crippen molar-refractivity contribution in [3.8, 4) is 22.6 Å². The lowest BCUT2D eigenvalue weighted by atomic mass is 10.1. The number of hydrogen-bond acceptors (Lipinski definition) is 8. The van der Waals surface area contributed by atoms with Crippen molar-refractivity contribution in [2.45, 2.75) is 13.8 Å². The smallest absolute Gasteiger partial charge is 0.261 e. The Morgan fingerprint density at radius 1 is 1.04 bits per heavy atom. The number of carbonyl (C=O) groups is 2. The Morgan fingerprint density at radius 3 is 2.32 bits per heavy atom. The van der Waals surface area contributed by atoms with Crippen LogP contribution in [0.1, 0.15) is 13.8 Å². The van der Waals surface area contributed by atoms with Crippen LogP contribution < -0.4 is 15.0 Å². The van der Waals surface area contributed by atoms with Gasteiger partial charge < -0.3 is 10.1 Å². The third-order valence-corrected chi connectivity index (χ3v) is 6.39. The van der Waals surface area contributed by atoms with Gasteiger partial charge in [-0.1, -0.05) is 24.3 Å². The summed E-state index contributed by atoms with van der Waals surface area (Å²) in [5.41, 5.74) is 5.47. The third-order valence-electron chi connectivity index (χ3n) is 6.39. The average Bonchev–Trinajstić information content (AvgIpc) is 3.71. The van der Waals surface area contributed by atoms with Crippen LogP contribution in [0, 0.1) is 5.82 Å². The fourth-order valence-corrected chi connectivity index (χ4v) is 4.05. The number of anilines is 2. The highest BCUT2D eigenvalue weighted by molar-refractivity contribution is 7.85. The van der Waals surface area contributed by atoms with E-state index in [1.165, 1.54) is 11.0 Å². The maximum atomic E-state index is 14.3. The van der Waals surface area contributed by atoms with Crippen LogP contribution in [-0.2, 0) is 26.8 Å². The minimum Gasteiger partial charge on any atom is -0.454 e. The van der Waals surface area contributed by atoms with Crippen molar-refractivity contribution < 1.29 is 31.7 Å². The number of allylic oxidation sites excluding steroid dienone is 4. The van der Waals surface area contributed by atoms with Gasteiger partial charge in [0, 0.05) is 59.9 Å². The van der Waals surface area contributed by atoms with Gasteiger partial charge in [-0.25, -0.2) is 4.39 Å². The number of nitrogens with one attached hydrogen (secondary N) is 2. The van der Waals surface area contributed by atoms with E-state index in [-0.39, 0.29) is 5.75 Å². The number of aromatic nitrogens is 4. The second-order valence-corrected chi connectivity index (χ2v) is 11.5. The zero-order valence-corrected chi connectivity index (χ0v) is 27.2. The van der Waals surface area contributed by atoms with E-state index < -0.39 is 15.9 Å². The van der Waals surface area contributed by atoms with Gasteiger partial charge in [0.25, 0.3) is 10.1 Å². The maximum Gasteiger partial charge on any atom is 0.261 e. The Morgan fingerprint density at radius 2 is 1.74 bits per heavy atom. The molecule has 0 aliphatic rings. The van der Waals surface area contributed by atoms with Crippen LogP contribution in [0.25, 0.3) is 22.0 Å². The molecule has 2 aromatic heterocycles. The first-order valence-electron chi connectivity index (χ1n) is 14.0. The Labute approximate surface area is 271 Å². The molecule has 0 radical (unpaired) electrons. The quantitative estimate of drug-likeness (QED) is 0.0729. The van der Waals surface area contributed by atoms with Crippen LogP contribution in [0.5, 0.6) is 11.5 Å². The van der Waals surface area contributed by atoms with E-state index in [9.17, 15) is 22.4 Å². The minimum atomic E-state index is -3.67. The van der Waals surface area contributed by atoms with Gasteiger partial charge in [0.15, 0.2) is 11.6 Å². The lowest BCUT2D eigenvalue weighted by Crippen LogP contribution is -2.18. The second kappa shape index (κ2) is 16.6. The number of amides is 1. The van der Waals surface area contributed by atoms with E-state index in [1.54, 1.807) is 61.5 Å². The first kappa shape index (κ1) is 35.9. The largest absolute Gasteiger partial charge is 0.454 e. The monoisotopic (exact) mass is 662 g/mol. The minimum absolute atomic E-state index is 0.159. The number of halogens is 1. The van der Waals surface area contributed by atoms with Crippen molar-refractivity contribution in [3.05, 3.63) is 108 Å². The number of aryl methyl sites for hydroxylation is 1. The average molecular weight is 663 g/mol. The molecule has 0 saturated carbocycles. The Kier molecular flexibility index (Phi) is 12.7. The number of carbonyl (C=O) groups excluding carboxylic acids is 2. The van der Waals surface area contributed by atoms with Gasteiger partial charge in [0.2, 0.25) is 6.41 Å². The summed E-state index contributed by atoms with van der Waals surface area (Å²) in [6.45, 7) is 3.53. The highest BCUT2D eigenvalue weighted by Crippen LogP contribution is 2.37. The summed E-state index contributed by atoms with van der Waals surface area (Å²) in [5, 5.41) is 14.9. The zero-order chi connectivity index (χ0) is 34.6. The van der Waals surface area contributed by atoms with Gasteiger partial charge in [0.1, 0.15) is 12.0 Å². The van der Waals surface area contributed by atoms with E-state index >= 15 is 0 Å². The lowest BCUT2D eigenvalue weighted by Gasteiger charge is -2.17. The summed E-state index contributed by atoms with van der Waals surface area (Å²) < 4.78 is 47.9. The Balaban J connectivity index is 0.000000237. The first-order chi connectivity index (χ1) is 22.3. The molecule has 0 spiro atoms. The van der Waals surface area contributed by atoms with Gasteiger partial charge in [-0.15, -0.1) is 0 Å². The summed E-state index contributed by atoms with van der Waals surface area (Å²) in [7, 11) is -0.0548. The van der Waals surface area contributed by atoms with Gasteiger partial charge in [-0.3, -0.25) is 28.8 Å². The molecule has 0 aliphatic heterocycles. The number of hydrogen-bond donors (Lipinski definition) is 3. The van der Waals surface area contributed by atoms with E-state index in [0.717, 1.165) is 46.1 Å². The summed E-state index contributed by atoms with van der Waals surface area (Å²) >= 11 is 0. The summed E-state index contributed by atoms with van der Waals surface area (Å²) in [6, 6.07) is 17.9. The molecule has 3 N–H and O–H groups in total. The van der Waals surface area contributed by atoms with Crippen molar-refractivity contribution in [2.75, 3.05) is 23.5 Å². The predicted molar refractivity (Wildman–Crippen MR) is 180 cm³/mol. The van der Waals surface area contributed by atoms with Crippen LogP contribution in [-0.4, -0.2) is 58.9 Å². The standard InChI is InChI=1S/C18H16FN5O.C14H15NO2.CH4O3S/c1-20-13-3-4-17(15(19)6-13)25-18-5-11-10-23-24(2)16(11)7-14(18)12-8-21-22-9-12;1-12(10-16)8-9-13(2)15(11-17)14-6-4-3-5-7-14;1-5(2,3)4/h3-10,20H,1-2H3,(H,21,22);3-11H,1-2H3;1H3,(H,2,3,4)/b;12-8+,13-9-;.